The number of aromatic hydroxyl groups is 1. The van der Waals surface area contributed by atoms with Crippen molar-refractivity contribution in [3.63, 3.8) is 0 Å². The summed E-state index contributed by atoms with van der Waals surface area (Å²) < 4.78 is 0. The summed E-state index contributed by atoms with van der Waals surface area (Å²) in [4.78, 5) is 64.9. The fourth-order valence-corrected chi connectivity index (χ4v) is 4.25. The number of benzene rings is 2. The van der Waals surface area contributed by atoms with E-state index in [1.807, 2.05) is 24.3 Å². The Morgan fingerprint density at radius 1 is 0.810 bits per heavy atom. The molecule has 4 unspecified atom stereocenters. The Balaban J connectivity index is 1.77. The molecule has 3 aromatic rings. The summed E-state index contributed by atoms with van der Waals surface area (Å²) in [6.45, 7) is -0.910. The predicted octanol–water partition coefficient (Wildman–Crippen LogP) is -0.618. The quantitative estimate of drug-likeness (QED) is 0.110. The second kappa shape index (κ2) is 14.6. The molecule has 0 saturated heterocycles. The number of phenols is 1. The number of rotatable bonds is 15. The van der Waals surface area contributed by atoms with Gasteiger partial charge in [-0.25, -0.2) is 4.79 Å². The number of phenolic OH excluding ortho intramolecular Hbond substituents is 1. The van der Waals surface area contributed by atoms with Gasteiger partial charge in [-0.3, -0.25) is 19.2 Å². The minimum atomic E-state index is -1.65. The zero-order valence-corrected chi connectivity index (χ0v) is 22.4. The van der Waals surface area contributed by atoms with Crippen LogP contribution in [0.3, 0.4) is 0 Å². The number of nitrogens with two attached hydrogens (primary N) is 1. The highest BCUT2D eigenvalue weighted by Crippen LogP contribution is 2.19. The number of aromatic nitrogens is 1. The molecule has 0 radical (unpaired) electrons. The molecular formula is C28H33N5O9. The molecule has 3 amide bonds. The van der Waals surface area contributed by atoms with Crippen molar-refractivity contribution in [3.8, 4) is 5.75 Å². The van der Waals surface area contributed by atoms with Gasteiger partial charge in [0.1, 0.15) is 23.9 Å². The number of nitrogens with one attached hydrogen (secondary N) is 4. The number of fused-ring (bicyclic) bond motifs is 1. The van der Waals surface area contributed by atoms with Gasteiger partial charge in [-0.15, -0.1) is 0 Å². The number of H-pyrrole nitrogens is 1. The summed E-state index contributed by atoms with van der Waals surface area (Å²) in [7, 11) is 0. The van der Waals surface area contributed by atoms with Crippen molar-refractivity contribution in [2.45, 2.75) is 49.9 Å². The molecular weight excluding hydrogens is 550 g/mol. The van der Waals surface area contributed by atoms with Crippen molar-refractivity contribution < 1.29 is 44.4 Å². The van der Waals surface area contributed by atoms with Crippen LogP contribution in [0.1, 0.15) is 24.0 Å². The van der Waals surface area contributed by atoms with Gasteiger partial charge in [0, 0.05) is 29.9 Å². The molecule has 0 bridgehead atoms. The van der Waals surface area contributed by atoms with Gasteiger partial charge in [0.2, 0.25) is 17.7 Å². The van der Waals surface area contributed by atoms with E-state index in [1.165, 1.54) is 24.3 Å². The summed E-state index contributed by atoms with van der Waals surface area (Å²) in [5.41, 5.74) is 8.23. The Morgan fingerprint density at radius 3 is 2.07 bits per heavy atom. The molecule has 14 heteroatoms. The molecule has 0 saturated carbocycles. The Morgan fingerprint density at radius 2 is 1.43 bits per heavy atom. The number of carboxylic acid groups (broad SMARTS) is 2. The number of hydrogen-bond acceptors (Lipinski definition) is 8. The Kier molecular flexibility index (Phi) is 11.0. The van der Waals surface area contributed by atoms with Gasteiger partial charge in [-0.05, 0) is 42.2 Å². The maximum atomic E-state index is 13.3. The zero-order chi connectivity index (χ0) is 30.8. The van der Waals surface area contributed by atoms with Crippen LogP contribution in [0.2, 0.25) is 0 Å². The first-order valence-electron chi connectivity index (χ1n) is 13.0. The molecule has 3 rings (SSSR count). The number of aromatic amines is 1. The molecule has 0 aliphatic rings. The lowest BCUT2D eigenvalue weighted by Gasteiger charge is -2.25. The number of aliphatic hydroxyl groups is 1. The first kappa shape index (κ1) is 31.6. The first-order valence-corrected chi connectivity index (χ1v) is 13.0. The van der Waals surface area contributed by atoms with E-state index in [4.69, 9.17) is 5.73 Å². The number of carbonyl (C=O) groups is 5. The minimum absolute atomic E-state index is 0.0459. The van der Waals surface area contributed by atoms with E-state index in [-0.39, 0.29) is 25.0 Å². The lowest BCUT2D eigenvalue weighted by atomic mass is 10.0. The standard InChI is InChI=1S/C28H33N5O9/c29-19(12-16-13-30-20-4-2-1-3-18(16)20)25(38)31-21(9-10-24(36)37)26(39)32-22(11-15-5-7-17(35)8-6-15)27(40)33-23(14-34)28(41)42/h1-8,13,19,21-23,30,34-35H,9-12,14,29H2,(H,31,38)(H,32,39)(H,33,40)(H,36,37)(H,41,42). The summed E-state index contributed by atoms with van der Waals surface area (Å²) in [5, 5.41) is 45.2. The van der Waals surface area contributed by atoms with Crippen LogP contribution in [0.15, 0.2) is 54.7 Å². The van der Waals surface area contributed by atoms with Crippen LogP contribution >= 0.6 is 0 Å². The molecule has 224 valence electrons. The molecule has 0 spiro atoms. The Labute approximate surface area is 239 Å². The highest BCUT2D eigenvalue weighted by Gasteiger charge is 2.31. The molecule has 0 aliphatic carbocycles. The van der Waals surface area contributed by atoms with Crippen molar-refractivity contribution in [1.82, 2.24) is 20.9 Å². The van der Waals surface area contributed by atoms with E-state index < -0.39 is 66.9 Å². The van der Waals surface area contributed by atoms with E-state index in [0.717, 1.165) is 16.5 Å². The largest absolute Gasteiger partial charge is 0.508 e. The molecule has 1 heterocycles. The third kappa shape index (κ3) is 8.78. The first-order chi connectivity index (χ1) is 20.0. The van der Waals surface area contributed by atoms with Crippen LogP contribution in [0.4, 0.5) is 0 Å². The monoisotopic (exact) mass is 583 g/mol. The van der Waals surface area contributed by atoms with Crippen LogP contribution in [0.25, 0.3) is 10.9 Å². The lowest BCUT2D eigenvalue weighted by Crippen LogP contribution is -2.58. The number of aliphatic carboxylic acids is 2. The maximum absolute atomic E-state index is 13.3. The molecule has 0 aliphatic heterocycles. The topological polar surface area (TPSA) is 244 Å². The van der Waals surface area contributed by atoms with Crippen molar-refractivity contribution in [2.75, 3.05) is 6.61 Å². The number of hydrogen-bond donors (Lipinski definition) is 9. The van der Waals surface area contributed by atoms with Gasteiger partial charge >= 0.3 is 11.9 Å². The van der Waals surface area contributed by atoms with Crippen molar-refractivity contribution in [2.24, 2.45) is 5.73 Å². The van der Waals surface area contributed by atoms with E-state index >= 15 is 0 Å². The van der Waals surface area contributed by atoms with Crippen LogP contribution in [-0.4, -0.2) is 85.8 Å². The number of para-hydroxylation sites is 1. The fraction of sp³-hybridized carbons (Fsp3) is 0.321. The molecule has 4 atom stereocenters. The van der Waals surface area contributed by atoms with Crippen molar-refractivity contribution in [3.05, 3.63) is 65.9 Å². The summed E-state index contributed by atoms with van der Waals surface area (Å²) >= 11 is 0. The van der Waals surface area contributed by atoms with Crippen LogP contribution in [-0.2, 0) is 36.8 Å². The average Bonchev–Trinajstić information content (AvgIpc) is 3.36. The van der Waals surface area contributed by atoms with Gasteiger partial charge in [0.05, 0.1) is 12.6 Å². The van der Waals surface area contributed by atoms with Gasteiger partial charge < -0.3 is 47.1 Å². The van der Waals surface area contributed by atoms with Gasteiger partial charge in [-0.1, -0.05) is 30.3 Å². The summed E-state index contributed by atoms with van der Waals surface area (Å²) in [6, 6.07) is 7.54. The van der Waals surface area contributed by atoms with Crippen LogP contribution in [0, 0.1) is 0 Å². The van der Waals surface area contributed by atoms with E-state index in [9.17, 15) is 44.4 Å². The summed E-state index contributed by atoms with van der Waals surface area (Å²) in [5.74, 6) is -5.35. The van der Waals surface area contributed by atoms with Crippen molar-refractivity contribution in [1.29, 1.82) is 0 Å². The van der Waals surface area contributed by atoms with Crippen LogP contribution in [0.5, 0.6) is 5.75 Å². The lowest BCUT2D eigenvalue weighted by molar-refractivity contribution is -0.143. The molecule has 2 aromatic carbocycles. The predicted molar refractivity (Wildman–Crippen MR) is 149 cm³/mol. The Hall–Kier alpha value is -4.95. The molecule has 10 N–H and O–H groups in total. The number of carboxylic acids is 2. The van der Waals surface area contributed by atoms with Gasteiger partial charge in [0.15, 0.2) is 0 Å². The molecule has 1 aromatic heterocycles. The smallest absolute Gasteiger partial charge is 0.328 e. The normalized spacial score (nSPS) is 13.9. The fourth-order valence-electron chi connectivity index (χ4n) is 4.25. The van der Waals surface area contributed by atoms with Gasteiger partial charge in [0.25, 0.3) is 0 Å². The van der Waals surface area contributed by atoms with Gasteiger partial charge in [-0.2, -0.15) is 0 Å². The molecule has 0 fully saturated rings. The van der Waals surface area contributed by atoms with E-state index in [1.54, 1.807) is 6.20 Å². The SMILES string of the molecule is NC(Cc1c[nH]c2ccccc12)C(=O)NC(CCC(=O)O)C(=O)NC(Cc1ccc(O)cc1)C(=O)NC(CO)C(=O)O. The zero-order valence-electron chi connectivity index (χ0n) is 22.4. The highest BCUT2D eigenvalue weighted by atomic mass is 16.4. The average molecular weight is 584 g/mol. The minimum Gasteiger partial charge on any atom is -0.508 e. The van der Waals surface area contributed by atoms with E-state index in [2.05, 4.69) is 20.9 Å². The second-order valence-electron chi connectivity index (χ2n) is 9.68. The highest BCUT2D eigenvalue weighted by molar-refractivity contribution is 5.94. The van der Waals surface area contributed by atoms with Crippen molar-refractivity contribution >= 4 is 40.6 Å². The number of carbonyl (C=O) groups excluding carboxylic acids is 3. The molecule has 14 nitrogen and oxygen atoms in total. The van der Waals surface area contributed by atoms with E-state index in [0.29, 0.717) is 5.56 Å². The maximum Gasteiger partial charge on any atom is 0.328 e. The Bertz CT molecular complexity index is 1420. The number of aliphatic hydroxyl groups excluding tert-OH is 1. The number of amides is 3. The summed E-state index contributed by atoms with van der Waals surface area (Å²) in [6.07, 6.45) is 0.864. The third-order valence-electron chi connectivity index (χ3n) is 6.54. The third-order valence-corrected chi connectivity index (χ3v) is 6.54. The molecule has 42 heavy (non-hydrogen) atoms. The van der Waals surface area contributed by atoms with Crippen LogP contribution < -0.4 is 21.7 Å². The second-order valence-corrected chi connectivity index (χ2v) is 9.68.